The number of rotatable bonds is 4. The number of sulfonamides is 1. The quantitative estimate of drug-likeness (QED) is 0.877. The number of nitrogens with zero attached hydrogens (tertiary/aromatic N) is 2. The summed E-state index contributed by atoms with van der Waals surface area (Å²) in [5, 5.41) is 6.69. The highest BCUT2D eigenvalue weighted by Crippen LogP contribution is 2.19. The fraction of sp³-hybridized carbons (Fsp3) is 0.692. The third-order valence-electron chi connectivity index (χ3n) is 3.84. The van der Waals surface area contributed by atoms with Crippen molar-refractivity contribution in [1.82, 2.24) is 14.8 Å². The van der Waals surface area contributed by atoms with E-state index in [2.05, 4.69) is 10.5 Å². The Morgan fingerprint density at radius 3 is 2.76 bits per heavy atom. The molecule has 1 fully saturated rings. The van der Waals surface area contributed by atoms with Gasteiger partial charge < -0.3 is 9.84 Å². The van der Waals surface area contributed by atoms with Crippen molar-refractivity contribution in [1.29, 1.82) is 0 Å². The number of carbonyl (C=O) groups excluding carboxylic acids is 1. The molecule has 8 heteroatoms. The van der Waals surface area contributed by atoms with Gasteiger partial charge in [0.15, 0.2) is 0 Å². The van der Waals surface area contributed by atoms with Gasteiger partial charge in [-0.15, -0.1) is 0 Å². The number of piperidine rings is 1. The minimum atomic E-state index is -3.24. The average molecular weight is 315 g/mol. The first-order chi connectivity index (χ1) is 9.79. The van der Waals surface area contributed by atoms with Crippen LogP contribution in [0.1, 0.15) is 29.9 Å². The minimum absolute atomic E-state index is 0.122. The molecular formula is C13H21N3O4S. The Kier molecular flexibility index (Phi) is 4.67. The van der Waals surface area contributed by atoms with Crippen molar-refractivity contribution >= 4 is 15.9 Å². The number of hydrogen-bond acceptors (Lipinski definition) is 5. The monoisotopic (exact) mass is 315 g/mol. The lowest BCUT2D eigenvalue weighted by molar-refractivity contribution is -0.126. The van der Waals surface area contributed by atoms with E-state index >= 15 is 0 Å². The lowest BCUT2D eigenvalue weighted by atomic mass is 9.98. The van der Waals surface area contributed by atoms with Gasteiger partial charge in [-0.3, -0.25) is 4.79 Å². The Morgan fingerprint density at radius 1 is 1.48 bits per heavy atom. The molecule has 1 amide bonds. The molecule has 118 valence electrons. The SMILES string of the molecule is Cc1noc(C)c1CNC(=O)C1CCCN(S(C)(=O)=O)C1. The molecule has 21 heavy (non-hydrogen) atoms. The van der Waals surface area contributed by atoms with E-state index in [-0.39, 0.29) is 18.4 Å². The zero-order chi connectivity index (χ0) is 15.6. The van der Waals surface area contributed by atoms with Gasteiger partial charge in [0.2, 0.25) is 15.9 Å². The second kappa shape index (κ2) is 6.15. The zero-order valence-corrected chi connectivity index (χ0v) is 13.4. The fourth-order valence-electron chi connectivity index (χ4n) is 2.53. The van der Waals surface area contributed by atoms with E-state index in [4.69, 9.17) is 4.52 Å². The van der Waals surface area contributed by atoms with Gasteiger partial charge in [0, 0.05) is 25.2 Å². The van der Waals surface area contributed by atoms with Gasteiger partial charge in [-0.1, -0.05) is 5.16 Å². The van der Waals surface area contributed by atoms with E-state index in [1.807, 2.05) is 6.92 Å². The summed E-state index contributed by atoms with van der Waals surface area (Å²) in [5.41, 5.74) is 1.63. The van der Waals surface area contributed by atoms with Crippen molar-refractivity contribution in [2.45, 2.75) is 33.2 Å². The van der Waals surface area contributed by atoms with Crippen LogP contribution in [0.25, 0.3) is 0 Å². The molecule has 0 saturated carbocycles. The Morgan fingerprint density at radius 2 is 2.19 bits per heavy atom. The number of hydrogen-bond donors (Lipinski definition) is 1. The Labute approximate surface area is 124 Å². The van der Waals surface area contributed by atoms with Gasteiger partial charge in [0.1, 0.15) is 5.76 Å². The van der Waals surface area contributed by atoms with Gasteiger partial charge in [0.05, 0.1) is 17.9 Å². The van der Waals surface area contributed by atoms with Crippen molar-refractivity contribution in [3.05, 3.63) is 17.0 Å². The van der Waals surface area contributed by atoms with Gasteiger partial charge in [-0.05, 0) is 26.7 Å². The van der Waals surface area contributed by atoms with Crippen LogP contribution in [0.2, 0.25) is 0 Å². The Bertz CT molecular complexity index is 604. The van der Waals surface area contributed by atoms with Gasteiger partial charge >= 0.3 is 0 Å². The number of carbonyl (C=O) groups is 1. The van der Waals surface area contributed by atoms with Crippen molar-refractivity contribution < 1.29 is 17.7 Å². The van der Waals surface area contributed by atoms with Crippen molar-refractivity contribution in [2.75, 3.05) is 19.3 Å². The van der Waals surface area contributed by atoms with Crippen molar-refractivity contribution in [3.8, 4) is 0 Å². The van der Waals surface area contributed by atoms with Gasteiger partial charge in [-0.2, -0.15) is 0 Å². The van der Waals surface area contributed by atoms with E-state index in [9.17, 15) is 13.2 Å². The molecule has 2 rings (SSSR count). The average Bonchev–Trinajstić information content (AvgIpc) is 2.75. The summed E-state index contributed by atoms with van der Waals surface area (Å²) in [5.74, 6) is 0.270. The normalized spacial score (nSPS) is 20.4. The van der Waals surface area contributed by atoms with E-state index in [0.29, 0.717) is 31.7 Å². The smallest absolute Gasteiger partial charge is 0.224 e. The number of aromatic nitrogens is 1. The maximum Gasteiger partial charge on any atom is 0.224 e. The molecule has 0 radical (unpaired) electrons. The summed E-state index contributed by atoms with van der Waals surface area (Å²) < 4.78 is 29.5. The molecule has 1 aliphatic heterocycles. The molecule has 1 atom stereocenters. The van der Waals surface area contributed by atoms with Crippen LogP contribution in [0, 0.1) is 19.8 Å². The molecule has 1 unspecified atom stereocenters. The van der Waals surface area contributed by atoms with Crippen LogP contribution in [0.3, 0.4) is 0 Å². The van der Waals surface area contributed by atoms with Crippen LogP contribution >= 0.6 is 0 Å². The van der Waals surface area contributed by atoms with Crippen LogP contribution in [-0.4, -0.2) is 43.1 Å². The highest BCUT2D eigenvalue weighted by Gasteiger charge is 2.30. The van der Waals surface area contributed by atoms with Gasteiger partial charge in [-0.25, -0.2) is 12.7 Å². The van der Waals surface area contributed by atoms with Crippen LogP contribution < -0.4 is 5.32 Å². The molecule has 1 N–H and O–H groups in total. The lowest BCUT2D eigenvalue weighted by Crippen LogP contribution is -2.44. The third-order valence-corrected chi connectivity index (χ3v) is 5.11. The molecule has 2 heterocycles. The first kappa shape index (κ1) is 16.0. The number of nitrogens with one attached hydrogen (secondary N) is 1. The predicted octanol–water partition coefficient (Wildman–Crippen LogP) is 0.579. The molecule has 1 saturated heterocycles. The molecule has 1 aromatic rings. The summed E-state index contributed by atoms with van der Waals surface area (Å²) in [7, 11) is -3.24. The molecule has 0 bridgehead atoms. The molecule has 0 aromatic carbocycles. The summed E-state index contributed by atoms with van der Waals surface area (Å²) in [6, 6.07) is 0. The second-order valence-electron chi connectivity index (χ2n) is 5.48. The fourth-order valence-corrected chi connectivity index (χ4v) is 3.44. The van der Waals surface area contributed by atoms with Crippen LogP contribution in [0.5, 0.6) is 0 Å². The Hall–Kier alpha value is -1.41. The van der Waals surface area contributed by atoms with E-state index in [1.165, 1.54) is 10.6 Å². The summed E-state index contributed by atoms with van der Waals surface area (Å²) in [6.45, 7) is 4.73. The Balaban J connectivity index is 1.94. The third kappa shape index (κ3) is 3.82. The van der Waals surface area contributed by atoms with E-state index in [0.717, 1.165) is 11.3 Å². The van der Waals surface area contributed by atoms with Crippen LogP contribution in [0.15, 0.2) is 4.52 Å². The van der Waals surface area contributed by atoms with Gasteiger partial charge in [0.25, 0.3) is 0 Å². The molecule has 0 aliphatic carbocycles. The molecule has 0 spiro atoms. The zero-order valence-electron chi connectivity index (χ0n) is 12.5. The maximum absolute atomic E-state index is 12.2. The molecule has 7 nitrogen and oxygen atoms in total. The first-order valence-electron chi connectivity index (χ1n) is 6.93. The van der Waals surface area contributed by atoms with E-state index < -0.39 is 10.0 Å². The van der Waals surface area contributed by atoms with Crippen molar-refractivity contribution in [2.24, 2.45) is 5.92 Å². The second-order valence-corrected chi connectivity index (χ2v) is 7.46. The topological polar surface area (TPSA) is 92.5 Å². The molecule has 1 aromatic heterocycles. The minimum Gasteiger partial charge on any atom is -0.361 e. The number of aryl methyl sites for hydroxylation is 2. The highest BCUT2D eigenvalue weighted by atomic mass is 32.2. The first-order valence-corrected chi connectivity index (χ1v) is 8.78. The lowest BCUT2D eigenvalue weighted by Gasteiger charge is -2.30. The standard InChI is InChI=1S/C13H21N3O4S/c1-9-12(10(2)20-15-9)7-14-13(17)11-5-4-6-16(8-11)21(3,18)19/h11H,4-8H2,1-3H3,(H,14,17). The summed E-state index contributed by atoms with van der Waals surface area (Å²) in [4.78, 5) is 12.2. The van der Waals surface area contributed by atoms with Crippen LogP contribution in [-0.2, 0) is 21.4 Å². The predicted molar refractivity (Wildman–Crippen MR) is 77.0 cm³/mol. The summed E-state index contributed by atoms with van der Waals surface area (Å²) in [6.07, 6.45) is 2.59. The summed E-state index contributed by atoms with van der Waals surface area (Å²) >= 11 is 0. The van der Waals surface area contributed by atoms with Crippen LogP contribution in [0.4, 0.5) is 0 Å². The van der Waals surface area contributed by atoms with Crippen molar-refractivity contribution in [3.63, 3.8) is 0 Å². The number of amides is 1. The largest absolute Gasteiger partial charge is 0.361 e. The molecule has 1 aliphatic rings. The maximum atomic E-state index is 12.2. The molecular weight excluding hydrogens is 294 g/mol. The van der Waals surface area contributed by atoms with E-state index in [1.54, 1.807) is 6.92 Å². The highest BCUT2D eigenvalue weighted by molar-refractivity contribution is 7.88.